The molecule has 1 heterocycles. The predicted molar refractivity (Wildman–Crippen MR) is 52.7 cm³/mol. The number of hydrogen-bond donors (Lipinski definition) is 0. The first-order valence-corrected chi connectivity index (χ1v) is 4.60. The topological polar surface area (TPSA) is 3.24 Å². The van der Waals surface area contributed by atoms with Gasteiger partial charge in [0.15, 0.2) is 0 Å². The Labute approximate surface area is 74.0 Å². The lowest BCUT2D eigenvalue weighted by molar-refractivity contribution is 0.614. The van der Waals surface area contributed by atoms with Crippen molar-refractivity contribution in [2.24, 2.45) is 0 Å². The summed E-state index contributed by atoms with van der Waals surface area (Å²) in [5.41, 5.74) is 4.29. The van der Waals surface area contributed by atoms with Crippen molar-refractivity contribution in [3.05, 3.63) is 29.3 Å². The third-order valence-corrected chi connectivity index (χ3v) is 2.61. The fraction of sp³-hybridized carbons (Fsp3) is 0.455. The number of hydrogen-bond acceptors (Lipinski definition) is 1. The summed E-state index contributed by atoms with van der Waals surface area (Å²) in [6.07, 6.45) is 1.35. The second-order valence-corrected chi connectivity index (χ2v) is 3.58. The van der Waals surface area contributed by atoms with Gasteiger partial charge in [0.2, 0.25) is 0 Å². The average Bonchev–Trinajstić information content (AvgIpc) is 1.93. The van der Waals surface area contributed by atoms with E-state index in [1.54, 1.807) is 0 Å². The maximum Gasteiger partial charge on any atom is 0.0425 e. The molecule has 1 saturated heterocycles. The van der Waals surface area contributed by atoms with Crippen LogP contribution in [0.3, 0.4) is 0 Å². The number of anilines is 1. The zero-order valence-corrected chi connectivity index (χ0v) is 7.80. The number of nitrogens with zero attached hydrogens (tertiary/aromatic N) is 1. The third-order valence-electron chi connectivity index (χ3n) is 2.61. The number of benzene rings is 1. The van der Waals surface area contributed by atoms with Gasteiger partial charge in [0, 0.05) is 18.8 Å². The molecule has 1 aliphatic rings. The lowest BCUT2D eigenvalue weighted by Crippen LogP contribution is -2.37. The first-order chi connectivity index (χ1) is 5.79. The van der Waals surface area contributed by atoms with Gasteiger partial charge in [0.05, 0.1) is 0 Å². The molecule has 1 heteroatoms. The molecule has 0 N–H and O–H groups in total. The van der Waals surface area contributed by atoms with Crippen molar-refractivity contribution in [3.8, 4) is 0 Å². The SMILES string of the molecule is Cc1cccc(C)c1N1CCC1. The minimum atomic E-state index is 1.24. The van der Waals surface area contributed by atoms with Crippen LogP contribution in [0.1, 0.15) is 17.5 Å². The molecule has 0 radical (unpaired) electrons. The minimum absolute atomic E-state index is 1.24. The van der Waals surface area contributed by atoms with Crippen molar-refractivity contribution in [1.82, 2.24) is 0 Å². The van der Waals surface area contributed by atoms with Crippen molar-refractivity contribution >= 4 is 5.69 Å². The van der Waals surface area contributed by atoms with Crippen molar-refractivity contribution in [3.63, 3.8) is 0 Å². The van der Waals surface area contributed by atoms with E-state index in [1.807, 2.05) is 0 Å². The molecule has 1 fully saturated rings. The Balaban J connectivity index is 2.39. The first-order valence-electron chi connectivity index (χ1n) is 4.60. The molecule has 0 saturated carbocycles. The van der Waals surface area contributed by atoms with Crippen LogP contribution >= 0.6 is 0 Å². The average molecular weight is 161 g/mol. The zero-order chi connectivity index (χ0) is 8.55. The summed E-state index contributed by atoms with van der Waals surface area (Å²) in [6, 6.07) is 6.52. The van der Waals surface area contributed by atoms with Gasteiger partial charge in [-0.05, 0) is 31.4 Å². The van der Waals surface area contributed by atoms with Crippen LogP contribution in [-0.4, -0.2) is 13.1 Å². The highest BCUT2D eigenvalue weighted by molar-refractivity contribution is 5.59. The lowest BCUT2D eigenvalue weighted by Gasteiger charge is -2.35. The maximum atomic E-state index is 2.46. The molecule has 64 valence electrons. The van der Waals surface area contributed by atoms with E-state index in [1.165, 1.54) is 36.3 Å². The van der Waals surface area contributed by atoms with Crippen LogP contribution in [0, 0.1) is 13.8 Å². The quantitative estimate of drug-likeness (QED) is 0.611. The van der Waals surface area contributed by atoms with Gasteiger partial charge in [-0.3, -0.25) is 0 Å². The molecule has 1 aliphatic heterocycles. The zero-order valence-electron chi connectivity index (χ0n) is 7.80. The number of rotatable bonds is 1. The highest BCUT2D eigenvalue weighted by Crippen LogP contribution is 2.27. The molecule has 0 bridgehead atoms. The van der Waals surface area contributed by atoms with E-state index in [2.05, 4.69) is 36.9 Å². The third kappa shape index (κ3) is 1.09. The van der Waals surface area contributed by atoms with Crippen LogP contribution in [0.5, 0.6) is 0 Å². The van der Waals surface area contributed by atoms with Crippen LogP contribution in [0.2, 0.25) is 0 Å². The van der Waals surface area contributed by atoms with Crippen molar-refractivity contribution < 1.29 is 0 Å². The number of aryl methyl sites for hydroxylation is 2. The fourth-order valence-electron chi connectivity index (χ4n) is 1.84. The van der Waals surface area contributed by atoms with Crippen molar-refractivity contribution in [2.75, 3.05) is 18.0 Å². The molecule has 12 heavy (non-hydrogen) atoms. The largest absolute Gasteiger partial charge is 0.371 e. The van der Waals surface area contributed by atoms with Crippen LogP contribution in [0.15, 0.2) is 18.2 Å². The minimum Gasteiger partial charge on any atom is -0.371 e. The Morgan fingerprint density at radius 1 is 1.08 bits per heavy atom. The Morgan fingerprint density at radius 2 is 1.67 bits per heavy atom. The molecule has 0 atom stereocenters. The standard InChI is InChI=1S/C11H15N/c1-9-5-3-6-10(2)11(9)12-7-4-8-12/h3,5-6H,4,7-8H2,1-2H3. The van der Waals surface area contributed by atoms with Crippen molar-refractivity contribution in [1.29, 1.82) is 0 Å². The summed E-state index contributed by atoms with van der Waals surface area (Å²) >= 11 is 0. The van der Waals surface area contributed by atoms with E-state index in [0.717, 1.165) is 0 Å². The van der Waals surface area contributed by atoms with Crippen LogP contribution in [-0.2, 0) is 0 Å². The predicted octanol–water partition coefficient (Wildman–Crippen LogP) is 2.51. The lowest BCUT2D eigenvalue weighted by atomic mass is 10.0. The Morgan fingerprint density at radius 3 is 2.08 bits per heavy atom. The van der Waals surface area contributed by atoms with Crippen molar-refractivity contribution in [2.45, 2.75) is 20.3 Å². The smallest absolute Gasteiger partial charge is 0.0425 e. The second kappa shape index (κ2) is 2.81. The van der Waals surface area contributed by atoms with Gasteiger partial charge in [-0.2, -0.15) is 0 Å². The van der Waals surface area contributed by atoms with Gasteiger partial charge in [-0.15, -0.1) is 0 Å². The molecular formula is C11H15N. The molecule has 0 amide bonds. The summed E-state index contributed by atoms with van der Waals surface area (Å²) in [7, 11) is 0. The maximum absolute atomic E-state index is 2.46. The van der Waals surface area contributed by atoms with E-state index in [-0.39, 0.29) is 0 Å². The van der Waals surface area contributed by atoms with Crippen LogP contribution in [0.4, 0.5) is 5.69 Å². The highest BCUT2D eigenvalue weighted by atomic mass is 15.2. The Bertz CT molecular complexity index is 267. The monoisotopic (exact) mass is 161 g/mol. The van der Waals surface area contributed by atoms with Crippen LogP contribution in [0.25, 0.3) is 0 Å². The van der Waals surface area contributed by atoms with E-state index in [0.29, 0.717) is 0 Å². The Hall–Kier alpha value is -0.980. The molecule has 1 nitrogen and oxygen atoms in total. The van der Waals surface area contributed by atoms with Gasteiger partial charge in [0.25, 0.3) is 0 Å². The van der Waals surface area contributed by atoms with E-state index in [9.17, 15) is 0 Å². The van der Waals surface area contributed by atoms with Gasteiger partial charge in [-0.1, -0.05) is 18.2 Å². The second-order valence-electron chi connectivity index (χ2n) is 3.58. The normalized spacial score (nSPS) is 16.0. The summed E-state index contributed by atoms with van der Waals surface area (Å²) < 4.78 is 0. The van der Waals surface area contributed by atoms with Gasteiger partial charge < -0.3 is 4.90 Å². The van der Waals surface area contributed by atoms with E-state index < -0.39 is 0 Å². The summed E-state index contributed by atoms with van der Waals surface area (Å²) in [5, 5.41) is 0. The molecule has 0 unspecified atom stereocenters. The molecular weight excluding hydrogens is 146 g/mol. The van der Waals surface area contributed by atoms with Gasteiger partial charge in [0.1, 0.15) is 0 Å². The summed E-state index contributed by atoms with van der Waals surface area (Å²) in [5.74, 6) is 0. The molecule has 0 spiro atoms. The summed E-state index contributed by atoms with van der Waals surface area (Å²) in [6.45, 7) is 6.87. The first kappa shape index (κ1) is 7.66. The molecule has 0 aromatic heterocycles. The van der Waals surface area contributed by atoms with Crippen LogP contribution < -0.4 is 4.90 Å². The molecule has 2 rings (SSSR count). The molecule has 1 aromatic rings. The summed E-state index contributed by atoms with van der Waals surface area (Å²) in [4.78, 5) is 2.46. The number of para-hydroxylation sites is 1. The van der Waals surface area contributed by atoms with Gasteiger partial charge in [-0.25, -0.2) is 0 Å². The molecule has 0 aliphatic carbocycles. The van der Waals surface area contributed by atoms with E-state index >= 15 is 0 Å². The fourth-order valence-corrected chi connectivity index (χ4v) is 1.84. The van der Waals surface area contributed by atoms with Gasteiger partial charge >= 0.3 is 0 Å². The van der Waals surface area contributed by atoms with E-state index in [4.69, 9.17) is 0 Å². The highest BCUT2D eigenvalue weighted by Gasteiger charge is 2.17. The molecule has 1 aromatic carbocycles. The Kier molecular flexibility index (Phi) is 1.80.